The zero-order valence-electron chi connectivity index (χ0n) is 12.0. The van der Waals surface area contributed by atoms with Gasteiger partial charge >= 0.3 is 5.97 Å². The number of halogens is 2. The van der Waals surface area contributed by atoms with Crippen LogP contribution in [0.1, 0.15) is 30.6 Å². The molecule has 116 valence electrons. The van der Waals surface area contributed by atoms with Gasteiger partial charge in [0.1, 0.15) is 18.2 Å². The minimum Gasteiger partial charge on any atom is -0.465 e. The number of hydrogen-bond acceptors (Lipinski definition) is 4. The first kappa shape index (κ1) is 16.9. The molecule has 0 spiro atoms. The number of anilines is 1. The quantitative estimate of drug-likeness (QED) is 0.644. The summed E-state index contributed by atoms with van der Waals surface area (Å²) in [6.45, 7) is 3.58. The van der Waals surface area contributed by atoms with Crippen LogP contribution in [0, 0.1) is 11.6 Å². The Morgan fingerprint density at radius 2 is 1.90 bits per heavy atom. The normalized spacial score (nSPS) is 10.3. The van der Waals surface area contributed by atoms with Gasteiger partial charge in [0.25, 0.3) is 5.91 Å². The van der Waals surface area contributed by atoms with Gasteiger partial charge in [0.2, 0.25) is 0 Å². The molecule has 2 N–H and O–H groups in total. The van der Waals surface area contributed by atoms with Crippen LogP contribution in [0.25, 0.3) is 0 Å². The van der Waals surface area contributed by atoms with Gasteiger partial charge in [-0.3, -0.25) is 9.59 Å². The van der Waals surface area contributed by atoms with E-state index in [0.717, 1.165) is 11.0 Å². The summed E-state index contributed by atoms with van der Waals surface area (Å²) >= 11 is 0. The molecule has 1 aromatic rings. The lowest BCUT2D eigenvalue weighted by molar-refractivity contribution is -0.143. The van der Waals surface area contributed by atoms with Gasteiger partial charge in [-0.25, -0.2) is 8.78 Å². The summed E-state index contributed by atoms with van der Waals surface area (Å²) < 4.78 is 31.6. The fourth-order valence-corrected chi connectivity index (χ4v) is 1.78. The lowest BCUT2D eigenvalue weighted by atomic mass is 10.1. The van der Waals surface area contributed by atoms with Gasteiger partial charge in [-0.2, -0.15) is 0 Å². The number of nitrogen functional groups attached to an aromatic ring is 1. The van der Waals surface area contributed by atoms with E-state index >= 15 is 0 Å². The number of esters is 1. The molecule has 5 nitrogen and oxygen atoms in total. The number of benzene rings is 1. The number of hydrogen-bond donors (Lipinski definition) is 1. The van der Waals surface area contributed by atoms with Crippen molar-refractivity contribution >= 4 is 17.6 Å². The minimum absolute atomic E-state index is 0.185. The topological polar surface area (TPSA) is 72.6 Å². The highest BCUT2D eigenvalue weighted by molar-refractivity contribution is 5.97. The maximum atomic E-state index is 13.7. The van der Waals surface area contributed by atoms with Crippen molar-refractivity contribution in [2.45, 2.75) is 20.3 Å². The van der Waals surface area contributed by atoms with Crippen molar-refractivity contribution in [1.82, 2.24) is 4.90 Å². The third kappa shape index (κ3) is 4.40. The molecule has 1 amide bonds. The van der Waals surface area contributed by atoms with Gasteiger partial charge in [-0.1, -0.05) is 6.92 Å². The van der Waals surface area contributed by atoms with E-state index in [2.05, 4.69) is 0 Å². The number of carbonyl (C=O) groups is 2. The predicted octanol–water partition coefficient (Wildman–Crippen LogP) is 1.96. The summed E-state index contributed by atoms with van der Waals surface area (Å²) in [5.74, 6) is -3.27. The molecular weight excluding hydrogens is 282 g/mol. The Bertz CT molecular complexity index is 535. The second kappa shape index (κ2) is 7.56. The molecule has 0 bridgehead atoms. The maximum Gasteiger partial charge on any atom is 0.325 e. The van der Waals surface area contributed by atoms with Crippen molar-refractivity contribution < 1.29 is 23.1 Å². The Labute approximate surface area is 121 Å². The van der Waals surface area contributed by atoms with Crippen molar-refractivity contribution in [3.8, 4) is 0 Å². The fraction of sp³-hybridized carbons (Fsp3) is 0.429. The summed E-state index contributed by atoms with van der Waals surface area (Å²) in [7, 11) is 0. The summed E-state index contributed by atoms with van der Waals surface area (Å²) in [6, 6.07) is 1.48. The first-order chi connectivity index (χ1) is 9.90. The lowest BCUT2D eigenvalue weighted by Gasteiger charge is -2.21. The summed E-state index contributed by atoms with van der Waals surface area (Å²) in [5, 5.41) is 0. The van der Waals surface area contributed by atoms with Crippen LogP contribution in [0.2, 0.25) is 0 Å². The van der Waals surface area contributed by atoms with E-state index in [1.165, 1.54) is 0 Å². The maximum absolute atomic E-state index is 13.7. The number of carbonyl (C=O) groups excluding carboxylic acids is 2. The van der Waals surface area contributed by atoms with Crippen molar-refractivity contribution in [3.63, 3.8) is 0 Å². The molecule has 21 heavy (non-hydrogen) atoms. The van der Waals surface area contributed by atoms with Crippen LogP contribution in [0.15, 0.2) is 12.1 Å². The van der Waals surface area contributed by atoms with E-state index in [1.807, 2.05) is 0 Å². The molecule has 0 saturated carbocycles. The molecule has 0 aliphatic carbocycles. The van der Waals surface area contributed by atoms with E-state index in [4.69, 9.17) is 10.5 Å². The van der Waals surface area contributed by atoms with Gasteiger partial charge in [0.05, 0.1) is 17.9 Å². The molecule has 0 radical (unpaired) electrons. The molecule has 1 rings (SSSR count). The third-order valence-corrected chi connectivity index (χ3v) is 2.72. The van der Waals surface area contributed by atoms with Crippen molar-refractivity contribution in [1.29, 1.82) is 0 Å². The van der Waals surface area contributed by atoms with Crippen LogP contribution in [0.3, 0.4) is 0 Å². The number of nitrogens with zero attached hydrogens (tertiary/aromatic N) is 1. The largest absolute Gasteiger partial charge is 0.465 e. The monoisotopic (exact) mass is 300 g/mol. The van der Waals surface area contributed by atoms with E-state index in [1.54, 1.807) is 13.8 Å². The first-order valence-electron chi connectivity index (χ1n) is 6.60. The Balaban J connectivity index is 3.00. The zero-order chi connectivity index (χ0) is 16.0. The van der Waals surface area contributed by atoms with Crippen LogP contribution in [-0.2, 0) is 9.53 Å². The zero-order valence-corrected chi connectivity index (χ0v) is 12.0. The molecule has 7 heteroatoms. The number of ether oxygens (including phenoxy) is 1. The van der Waals surface area contributed by atoms with Crippen molar-refractivity contribution in [2.24, 2.45) is 0 Å². The Hall–Kier alpha value is -2.18. The summed E-state index contributed by atoms with van der Waals surface area (Å²) in [4.78, 5) is 24.9. The fourth-order valence-electron chi connectivity index (χ4n) is 1.78. The standard InChI is InChI=1S/C14H18F2N2O3/c1-3-5-18(8-13(19)21-4-2)14(20)9-6-12(17)11(16)7-10(9)15/h6-7H,3-5,8,17H2,1-2H3. The van der Waals surface area contributed by atoms with Gasteiger partial charge in [-0.15, -0.1) is 0 Å². The van der Waals surface area contributed by atoms with E-state index in [0.29, 0.717) is 12.5 Å². The molecule has 0 heterocycles. The van der Waals surface area contributed by atoms with E-state index < -0.39 is 23.5 Å². The van der Waals surface area contributed by atoms with Crippen LogP contribution >= 0.6 is 0 Å². The number of rotatable bonds is 6. The smallest absolute Gasteiger partial charge is 0.325 e. The Morgan fingerprint density at radius 3 is 2.48 bits per heavy atom. The number of amides is 1. The molecule has 0 atom stereocenters. The summed E-state index contributed by atoms with van der Waals surface area (Å²) in [6.07, 6.45) is 0.573. The minimum atomic E-state index is -1.02. The molecule has 0 aliphatic rings. The van der Waals surface area contributed by atoms with Gasteiger partial charge in [0, 0.05) is 12.6 Å². The van der Waals surface area contributed by atoms with Gasteiger partial charge < -0.3 is 15.4 Å². The lowest BCUT2D eigenvalue weighted by Crippen LogP contribution is -2.37. The molecule has 0 saturated heterocycles. The van der Waals surface area contributed by atoms with Crippen molar-refractivity contribution in [2.75, 3.05) is 25.4 Å². The second-order valence-electron chi connectivity index (χ2n) is 4.39. The highest BCUT2D eigenvalue weighted by Gasteiger charge is 2.23. The van der Waals surface area contributed by atoms with Gasteiger partial charge in [0.15, 0.2) is 0 Å². The van der Waals surface area contributed by atoms with Crippen LogP contribution in [-0.4, -0.2) is 36.5 Å². The molecular formula is C14H18F2N2O3. The SMILES string of the molecule is CCCN(CC(=O)OCC)C(=O)c1cc(N)c(F)cc1F. The molecule has 0 aromatic heterocycles. The molecule has 0 aliphatic heterocycles. The van der Waals surface area contributed by atoms with Crippen LogP contribution in [0.5, 0.6) is 0 Å². The molecule has 1 aromatic carbocycles. The average Bonchev–Trinajstić information content (AvgIpc) is 2.42. The highest BCUT2D eigenvalue weighted by Crippen LogP contribution is 2.18. The molecule has 0 fully saturated rings. The van der Waals surface area contributed by atoms with Crippen LogP contribution < -0.4 is 5.73 Å². The third-order valence-electron chi connectivity index (χ3n) is 2.72. The summed E-state index contributed by atoms with van der Waals surface area (Å²) in [5.41, 5.74) is 4.65. The predicted molar refractivity (Wildman–Crippen MR) is 73.6 cm³/mol. The second-order valence-corrected chi connectivity index (χ2v) is 4.39. The Morgan fingerprint density at radius 1 is 1.24 bits per heavy atom. The van der Waals surface area contributed by atoms with Gasteiger partial charge in [-0.05, 0) is 19.4 Å². The van der Waals surface area contributed by atoms with E-state index in [-0.39, 0.29) is 30.9 Å². The first-order valence-corrected chi connectivity index (χ1v) is 6.60. The highest BCUT2D eigenvalue weighted by atomic mass is 19.1. The molecule has 0 unspecified atom stereocenters. The Kier molecular flexibility index (Phi) is 6.08. The van der Waals surface area contributed by atoms with Crippen LogP contribution in [0.4, 0.5) is 14.5 Å². The average molecular weight is 300 g/mol. The van der Waals surface area contributed by atoms with Crippen molar-refractivity contribution in [3.05, 3.63) is 29.3 Å². The van der Waals surface area contributed by atoms with E-state index in [9.17, 15) is 18.4 Å². The number of nitrogens with two attached hydrogens (primary N) is 1.